The van der Waals surface area contributed by atoms with Gasteiger partial charge in [-0.3, -0.25) is 19.0 Å². The summed E-state index contributed by atoms with van der Waals surface area (Å²) in [6.07, 6.45) is 0. The maximum Gasteiger partial charge on any atom is 0.307 e. The molecule has 0 unspecified atom stereocenters. The van der Waals surface area contributed by atoms with Gasteiger partial charge in [0.2, 0.25) is 11.8 Å². The van der Waals surface area contributed by atoms with E-state index < -0.39 is 0 Å². The number of thiazole rings is 1. The van der Waals surface area contributed by atoms with Crippen LogP contribution in [0.25, 0.3) is 0 Å². The van der Waals surface area contributed by atoms with E-state index in [-0.39, 0.29) is 29.8 Å². The van der Waals surface area contributed by atoms with Crippen molar-refractivity contribution in [2.24, 2.45) is 0 Å². The number of hydrogen-bond acceptors (Lipinski definition) is 4. The van der Waals surface area contributed by atoms with Gasteiger partial charge in [0.1, 0.15) is 6.54 Å². The Balaban J connectivity index is 1.86. The van der Waals surface area contributed by atoms with Gasteiger partial charge >= 0.3 is 4.87 Å². The van der Waals surface area contributed by atoms with E-state index in [9.17, 15) is 14.4 Å². The quantitative estimate of drug-likeness (QED) is 0.809. The van der Waals surface area contributed by atoms with Crippen LogP contribution in [0.2, 0.25) is 0 Å². The summed E-state index contributed by atoms with van der Waals surface area (Å²) in [5.41, 5.74) is 2.34. The number of halogens is 1. The first-order valence-corrected chi connectivity index (χ1v) is 8.51. The number of aryl methyl sites for hydroxylation is 2. The second-order valence-electron chi connectivity index (χ2n) is 5.01. The number of anilines is 1. The maximum atomic E-state index is 11.9. The Bertz CT molecular complexity index is 798. The van der Waals surface area contributed by atoms with Crippen molar-refractivity contribution >= 4 is 44.8 Å². The molecule has 8 heteroatoms. The Morgan fingerprint density at radius 3 is 2.61 bits per heavy atom. The molecular formula is C15H16BrN3O3S. The monoisotopic (exact) mass is 397 g/mol. The topological polar surface area (TPSA) is 80.2 Å². The van der Waals surface area contributed by atoms with Gasteiger partial charge in [0.05, 0.1) is 6.54 Å². The van der Waals surface area contributed by atoms with Gasteiger partial charge in [0.25, 0.3) is 0 Å². The molecule has 1 aromatic heterocycles. The average Bonchev–Trinajstić information content (AvgIpc) is 2.80. The molecule has 0 fully saturated rings. The Morgan fingerprint density at radius 1 is 1.26 bits per heavy atom. The zero-order chi connectivity index (χ0) is 17.0. The SMILES string of the molecule is Cc1cc(Br)ccc1NC(=O)CNC(=O)Cn1c(C)csc1=O. The lowest BCUT2D eigenvalue weighted by Crippen LogP contribution is -2.36. The molecule has 0 atom stereocenters. The lowest BCUT2D eigenvalue weighted by atomic mass is 10.2. The lowest BCUT2D eigenvalue weighted by molar-refractivity contribution is -0.124. The van der Waals surface area contributed by atoms with Gasteiger partial charge < -0.3 is 10.6 Å². The van der Waals surface area contributed by atoms with Crippen molar-refractivity contribution in [3.63, 3.8) is 0 Å². The summed E-state index contributed by atoms with van der Waals surface area (Å²) in [7, 11) is 0. The Labute approximate surface area is 145 Å². The fourth-order valence-corrected chi connectivity index (χ4v) is 3.15. The normalized spacial score (nSPS) is 10.4. The number of nitrogens with zero attached hydrogens (tertiary/aromatic N) is 1. The highest BCUT2D eigenvalue weighted by atomic mass is 79.9. The molecule has 0 aliphatic heterocycles. The largest absolute Gasteiger partial charge is 0.345 e. The van der Waals surface area contributed by atoms with Crippen molar-refractivity contribution in [3.8, 4) is 0 Å². The molecule has 1 heterocycles. The van der Waals surface area contributed by atoms with Gasteiger partial charge in [0, 0.05) is 21.2 Å². The van der Waals surface area contributed by atoms with E-state index in [4.69, 9.17) is 0 Å². The van der Waals surface area contributed by atoms with Crippen LogP contribution in [0, 0.1) is 13.8 Å². The lowest BCUT2D eigenvalue weighted by Gasteiger charge is -2.10. The fraction of sp³-hybridized carbons (Fsp3) is 0.267. The van der Waals surface area contributed by atoms with E-state index in [1.165, 1.54) is 4.57 Å². The Kier molecular flexibility index (Phi) is 5.73. The van der Waals surface area contributed by atoms with Crippen LogP contribution in [-0.2, 0) is 16.1 Å². The zero-order valence-electron chi connectivity index (χ0n) is 12.7. The van der Waals surface area contributed by atoms with Crippen molar-refractivity contribution < 1.29 is 9.59 Å². The smallest absolute Gasteiger partial charge is 0.307 e. The van der Waals surface area contributed by atoms with Gasteiger partial charge in [-0.1, -0.05) is 27.3 Å². The van der Waals surface area contributed by atoms with E-state index in [1.54, 1.807) is 18.4 Å². The first-order valence-electron chi connectivity index (χ1n) is 6.84. The van der Waals surface area contributed by atoms with Gasteiger partial charge in [-0.05, 0) is 37.6 Å². The molecule has 0 bridgehead atoms. The first kappa shape index (κ1) is 17.4. The van der Waals surface area contributed by atoms with Crippen molar-refractivity contribution in [1.29, 1.82) is 0 Å². The van der Waals surface area contributed by atoms with Crippen molar-refractivity contribution in [2.45, 2.75) is 20.4 Å². The molecule has 0 saturated carbocycles. The molecule has 0 spiro atoms. The van der Waals surface area contributed by atoms with Crippen LogP contribution in [0.1, 0.15) is 11.3 Å². The van der Waals surface area contributed by atoms with Crippen LogP contribution in [0.15, 0.2) is 32.8 Å². The third-order valence-corrected chi connectivity index (χ3v) is 4.56. The number of hydrogen-bond donors (Lipinski definition) is 2. The highest BCUT2D eigenvalue weighted by Crippen LogP contribution is 2.19. The average molecular weight is 398 g/mol. The highest BCUT2D eigenvalue weighted by Gasteiger charge is 2.10. The van der Waals surface area contributed by atoms with Crippen molar-refractivity contribution in [3.05, 3.63) is 49.0 Å². The maximum absolute atomic E-state index is 11.9. The highest BCUT2D eigenvalue weighted by molar-refractivity contribution is 9.10. The predicted octanol–water partition coefficient (Wildman–Crippen LogP) is 2.04. The summed E-state index contributed by atoms with van der Waals surface area (Å²) >= 11 is 4.40. The number of carbonyl (C=O) groups excluding carboxylic acids is 2. The minimum Gasteiger partial charge on any atom is -0.345 e. The molecule has 0 aliphatic rings. The molecule has 0 saturated heterocycles. The molecule has 23 heavy (non-hydrogen) atoms. The minimum absolute atomic E-state index is 0.0846. The fourth-order valence-electron chi connectivity index (χ4n) is 1.94. The van der Waals surface area contributed by atoms with E-state index in [2.05, 4.69) is 26.6 Å². The third kappa shape index (κ3) is 4.77. The van der Waals surface area contributed by atoms with Gasteiger partial charge in [-0.2, -0.15) is 0 Å². The first-order chi connectivity index (χ1) is 10.9. The van der Waals surface area contributed by atoms with Crippen LogP contribution < -0.4 is 15.5 Å². The van der Waals surface area contributed by atoms with Crippen molar-refractivity contribution in [2.75, 3.05) is 11.9 Å². The summed E-state index contributed by atoms with van der Waals surface area (Å²) in [6, 6.07) is 5.50. The van der Waals surface area contributed by atoms with E-state index >= 15 is 0 Å². The summed E-state index contributed by atoms with van der Waals surface area (Å²) < 4.78 is 2.30. The molecule has 2 N–H and O–H groups in total. The third-order valence-electron chi connectivity index (χ3n) is 3.19. The summed E-state index contributed by atoms with van der Waals surface area (Å²) in [5, 5.41) is 6.94. The summed E-state index contributed by atoms with van der Waals surface area (Å²) in [6.45, 7) is 3.41. The number of carbonyl (C=O) groups is 2. The van der Waals surface area contributed by atoms with Crippen LogP contribution in [0.3, 0.4) is 0 Å². The molecule has 6 nitrogen and oxygen atoms in total. The number of benzene rings is 1. The number of nitrogens with one attached hydrogen (secondary N) is 2. The van der Waals surface area contributed by atoms with E-state index in [0.29, 0.717) is 5.69 Å². The Hall–Kier alpha value is -1.93. The van der Waals surface area contributed by atoms with Crippen LogP contribution >= 0.6 is 27.3 Å². The number of aromatic nitrogens is 1. The predicted molar refractivity (Wildman–Crippen MR) is 93.8 cm³/mol. The van der Waals surface area contributed by atoms with Crippen LogP contribution in [-0.4, -0.2) is 22.9 Å². The molecule has 0 aliphatic carbocycles. The van der Waals surface area contributed by atoms with Crippen LogP contribution in [0.5, 0.6) is 0 Å². The van der Waals surface area contributed by atoms with E-state index in [1.807, 2.05) is 19.1 Å². The molecular weight excluding hydrogens is 382 g/mol. The molecule has 2 amide bonds. The van der Waals surface area contributed by atoms with Crippen LogP contribution in [0.4, 0.5) is 5.69 Å². The molecule has 1 aromatic carbocycles. The number of amides is 2. The van der Waals surface area contributed by atoms with Gasteiger partial charge in [0.15, 0.2) is 0 Å². The van der Waals surface area contributed by atoms with Gasteiger partial charge in [-0.15, -0.1) is 0 Å². The minimum atomic E-state index is -0.378. The summed E-state index contributed by atoms with van der Waals surface area (Å²) in [5.74, 6) is -0.700. The standard InChI is InChI=1S/C15H16BrN3O3S/c1-9-5-11(16)3-4-12(9)18-13(20)6-17-14(21)7-19-10(2)8-23-15(19)22/h3-5,8H,6-7H2,1-2H3,(H,17,21)(H,18,20). The second kappa shape index (κ2) is 7.56. The van der Waals surface area contributed by atoms with E-state index in [0.717, 1.165) is 27.1 Å². The summed E-state index contributed by atoms with van der Waals surface area (Å²) in [4.78, 5) is 35.1. The van der Waals surface area contributed by atoms with Gasteiger partial charge in [-0.25, -0.2) is 0 Å². The van der Waals surface area contributed by atoms with Crippen molar-refractivity contribution in [1.82, 2.24) is 9.88 Å². The second-order valence-corrected chi connectivity index (χ2v) is 6.75. The zero-order valence-corrected chi connectivity index (χ0v) is 15.1. The number of rotatable bonds is 5. The molecule has 2 aromatic rings. The molecule has 0 radical (unpaired) electrons. The molecule has 122 valence electrons. The Morgan fingerprint density at radius 2 is 2.00 bits per heavy atom. The molecule has 2 rings (SSSR count).